The van der Waals surface area contributed by atoms with Crippen molar-refractivity contribution >= 4 is 22.9 Å². The Balaban J connectivity index is 1.38. The Morgan fingerprint density at radius 1 is 1.19 bits per heavy atom. The topological polar surface area (TPSA) is 97.1 Å². The Bertz CT molecular complexity index is 1080. The number of benzene rings is 1. The average Bonchev–Trinajstić information content (AvgIpc) is 3.69. The van der Waals surface area contributed by atoms with E-state index in [4.69, 9.17) is 14.6 Å². The van der Waals surface area contributed by atoms with E-state index in [1.54, 1.807) is 7.11 Å². The zero-order chi connectivity index (χ0) is 25.1. The third kappa shape index (κ3) is 5.52. The normalized spacial score (nSPS) is 21.1. The van der Waals surface area contributed by atoms with Crippen molar-refractivity contribution in [3.05, 3.63) is 29.5 Å². The Kier molecular flexibility index (Phi) is 7.76. The van der Waals surface area contributed by atoms with E-state index in [1.165, 1.54) is 48.1 Å². The first-order chi connectivity index (χ1) is 17.5. The monoisotopic (exact) mass is 498 g/mol. The smallest absolute Gasteiger partial charge is 0.407 e. The molecule has 1 atom stereocenters. The van der Waals surface area contributed by atoms with Crippen LogP contribution in [0.3, 0.4) is 0 Å². The van der Waals surface area contributed by atoms with Crippen molar-refractivity contribution < 1.29 is 24.2 Å². The molecule has 0 unspecified atom stereocenters. The number of hydrogen-bond donors (Lipinski definition) is 1. The van der Waals surface area contributed by atoms with E-state index in [0.717, 1.165) is 36.9 Å². The highest BCUT2D eigenvalue weighted by Gasteiger charge is 2.39. The summed E-state index contributed by atoms with van der Waals surface area (Å²) < 4.78 is 13.1. The summed E-state index contributed by atoms with van der Waals surface area (Å²) in [6.45, 7) is 2.63. The van der Waals surface area contributed by atoms with E-state index in [9.17, 15) is 14.7 Å². The summed E-state index contributed by atoms with van der Waals surface area (Å²) in [7, 11) is 1.72. The summed E-state index contributed by atoms with van der Waals surface area (Å²) >= 11 is 0. The highest BCUT2D eigenvalue weighted by Crippen LogP contribution is 2.37. The molecule has 9 nitrogen and oxygen atoms in total. The summed E-state index contributed by atoms with van der Waals surface area (Å²) in [6, 6.07) is 6.70. The average molecular weight is 499 g/mol. The third-order valence-corrected chi connectivity index (χ3v) is 7.79. The van der Waals surface area contributed by atoms with Gasteiger partial charge in [-0.1, -0.05) is 31.4 Å². The maximum Gasteiger partial charge on any atom is 0.407 e. The van der Waals surface area contributed by atoms with Gasteiger partial charge < -0.3 is 24.4 Å². The number of fused-ring (bicyclic) bond motifs is 1. The molecule has 5 rings (SSSR count). The molecular weight excluding hydrogens is 460 g/mol. The fraction of sp³-hybridized carbons (Fsp3) is 0.667. The molecule has 2 heterocycles. The van der Waals surface area contributed by atoms with Crippen LogP contribution >= 0.6 is 0 Å². The largest absolute Gasteiger partial charge is 0.465 e. The lowest BCUT2D eigenvalue weighted by Gasteiger charge is -2.34. The van der Waals surface area contributed by atoms with Gasteiger partial charge >= 0.3 is 6.09 Å². The van der Waals surface area contributed by atoms with E-state index in [1.807, 2.05) is 4.90 Å². The van der Waals surface area contributed by atoms with E-state index in [-0.39, 0.29) is 25.1 Å². The lowest BCUT2D eigenvalue weighted by molar-refractivity contribution is -0.149. The molecule has 9 heteroatoms. The van der Waals surface area contributed by atoms with Gasteiger partial charge in [-0.2, -0.15) is 5.10 Å². The maximum atomic E-state index is 13.4. The van der Waals surface area contributed by atoms with Crippen molar-refractivity contribution in [3.8, 4) is 0 Å². The zero-order valence-corrected chi connectivity index (χ0v) is 21.2. The Labute approximate surface area is 212 Å². The van der Waals surface area contributed by atoms with Crippen molar-refractivity contribution in [2.75, 3.05) is 33.4 Å². The number of ether oxygens (including phenoxy) is 2. The summed E-state index contributed by atoms with van der Waals surface area (Å²) in [4.78, 5) is 28.0. The number of rotatable bonds is 9. The molecule has 2 aromatic rings. The molecule has 3 aliphatic rings. The van der Waals surface area contributed by atoms with Crippen molar-refractivity contribution in [1.82, 2.24) is 19.6 Å². The first kappa shape index (κ1) is 25.0. The van der Waals surface area contributed by atoms with Crippen molar-refractivity contribution in [3.63, 3.8) is 0 Å². The Morgan fingerprint density at radius 2 is 2.00 bits per heavy atom. The van der Waals surface area contributed by atoms with Gasteiger partial charge in [0.25, 0.3) is 5.91 Å². The zero-order valence-electron chi connectivity index (χ0n) is 21.2. The van der Waals surface area contributed by atoms with Gasteiger partial charge in [-0.15, -0.1) is 0 Å². The van der Waals surface area contributed by atoms with Crippen molar-refractivity contribution in [1.29, 1.82) is 0 Å². The van der Waals surface area contributed by atoms with Crippen LogP contribution in [0.5, 0.6) is 0 Å². The summed E-state index contributed by atoms with van der Waals surface area (Å²) in [5, 5.41) is 15.7. The second kappa shape index (κ2) is 11.2. The Hall–Kier alpha value is -2.65. The first-order valence-corrected chi connectivity index (χ1v) is 13.4. The molecule has 36 heavy (non-hydrogen) atoms. The minimum absolute atomic E-state index is 0.0907. The number of methoxy groups -OCH3 is 1. The van der Waals surface area contributed by atoms with Crippen LogP contribution in [0.2, 0.25) is 0 Å². The minimum Gasteiger partial charge on any atom is -0.465 e. The molecule has 1 aromatic carbocycles. The predicted octanol–water partition coefficient (Wildman–Crippen LogP) is 3.99. The van der Waals surface area contributed by atoms with E-state index < -0.39 is 12.2 Å². The lowest BCUT2D eigenvalue weighted by atomic mass is 9.86. The number of amides is 2. The fourth-order valence-electron chi connectivity index (χ4n) is 5.68. The first-order valence-electron chi connectivity index (χ1n) is 13.4. The Morgan fingerprint density at radius 3 is 2.72 bits per heavy atom. The second-order valence-electron chi connectivity index (χ2n) is 10.4. The van der Waals surface area contributed by atoms with Crippen molar-refractivity contribution in [2.24, 2.45) is 0 Å². The van der Waals surface area contributed by atoms with Gasteiger partial charge in [0, 0.05) is 50.7 Å². The SMILES string of the molecule is COCCCn1nc(C2CCCCC2)c2ccc(CN(C(=O)[C@H]3CN(C(=O)O)CCO3)C3CC3)cc21. The fourth-order valence-corrected chi connectivity index (χ4v) is 5.68. The van der Waals surface area contributed by atoms with Gasteiger partial charge in [-0.05, 0) is 43.7 Å². The molecule has 0 spiro atoms. The quantitative estimate of drug-likeness (QED) is 0.525. The number of nitrogens with zero attached hydrogens (tertiary/aromatic N) is 4. The van der Waals surface area contributed by atoms with Crippen LogP contribution in [0.15, 0.2) is 18.2 Å². The minimum atomic E-state index is -1.00. The molecule has 3 fully saturated rings. The molecule has 1 aromatic heterocycles. The predicted molar refractivity (Wildman–Crippen MR) is 135 cm³/mol. The maximum absolute atomic E-state index is 13.4. The third-order valence-electron chi connectivity index (χ3n) is 7.79. The second-order valence-corrected chi connectivity index (χ2v) is 10.4. The van der Waals surface area contributed by atoms with Crippen molar-refractivity contribution in [2.45, 2.75) is 82.5 Å². The van der Waals surface area contributed by atoms with Gasteiger partial charge in [-0.3, -0.25) is 9.48 Å². The van der Waals surface area contributed by atoms with E-state index in [0.29, 0.717) is 25.6 Å². The number of carbonyl (C=O) groups is 2. The van der Waals surface area contributed by atoms with Crippen LogP contribution < -0.4 is 0 Å². The number of aryl methyl sites for hydroxylation is 1. The van der Waals surface area contributed by atoms with Crippen LogP contribution in [0, 0.1) is 0 Å². The van der Waals surface area contributed by atoms with Gasteiger partial charge in [0.2, 0.25) is 0 Å². The molecule has 1 N–H and O–H groups in total. The highest BCUT2D eigenvalue weighted by molar-refractivity contribution is 5.84. The van der Waals surface area contributed by atoms with E-state index in [2.05, 4.69) is 22.9 Å². The van der Waals surface area contributed by atoms with Gasteiger partial charge in [-0.25, -0.2) is 4.79 Å². The summed E-state index contributed by atoms with van der Waals surface area (Å²) in [5.74, 6) is 0.404. The molecule has 1 aliphatic heterocycles. The van der Waals surface area contributed by atoms with Crippen LogP contribution in [-0.4, -0.2) is 82.2 Å². The molecule has 1 saturated heterocycles. The number of carboxylic acid groups (broad SMARTS) is 1. The lowest BCUT2D eigenvalue weighted by Crippen LogP contribution is -2.52. The molecule has 0 radical (unpaired) electrons. The molecule has 2 aliphatic carbocycles. The van der Waals surface area contributed by atoms with Crippen LogP contribution in [0.4, 0.5) is 4.79 Å². The summed E-state index contributed by atoms with van der Waals surface area (Å²) in [5.41, 5.74) is 3.41. The standard InChI is InChI=1S/C27H38N4O5/c1-35-14-5-12-31-23-16-19(8-11-22(23)25(28-31)20-6-3-2-4-7-20)17-30(21-9-10-21)26(32)24-18-29(27(33)34)13-15-36-24/h8,11,16,20-21,24H,2-7,9-10,12-15,17-18H2,1H3,(H,33,34)/t24-/m1/s1. The summed E-state index contributed by atoms with van der Waals surface area (Å²) in [6.07, 6.45) is 7.35. The molecule has 2 amide bonds. The number of morpholine rings is 1. The van der Waals surface area contributed by atoms with Gasteiger partial charge in [0.1, 0.15) is 0 Å². The number of carbonyl (C=O) groups excluding carboxylic acids is 1. The van der Waals surface area contributed by atoms with Gasteiger partial charge in [0.15, 0.2) is 6.10 Å². The van der Waals surface area contributed by atoms with Gasteiger partial charge in [0.05, 0.1) is 24.4 Å². The molecule has 196 valence electrons. The van der Waals surface area contributed by atoms with Crippen LogP contribution in [0.25, 0.3) is 10.9 Å². The van der Waals surface area contributed by atoms with Crippen LogP contribution in [-0.2, 0) is 27.4 Å². The number of hydrogen-bond acceptors (Lipinski definition) is 5. The van der Waals surface area contributed by atoms with E-state index >= 15 is 0 Å². The number of aromatic nitrogens is 2. The molecule has 2 saturated carbocycles. The highest BCUT2D eigenvalue weighted by atomic mass is 16.5. The van der Waals surface area contributed by atoms with Crippen LogP contribution in [0.1, 0.15) is 68.5 Å². The molecule has 0 bridgehead atoms. The molecular formula is C27H38N4O5.